The first-order valence-electron chi connectivity index (χ1n) is 6.67. The molecule has 0 aromatic rings. The molecule has 0 saturated carbocycles. The third-order valence-corrected chi connectivity index (χ3v) is 6.49. The third kappa shape index (κ3) is 3.84. The molecule has 2 fully saturated rings. The van der Waals surface area contributed by atoms with Crippen molar-refractivity contribution in [1.29, 1.82) is 0 Å². The Hall–Kier alpha value is 0.180. The van der Waals surface area contributed by atoms with Crippen LogP contribution in [0.3, 0.4) is 0 Å². The van der Waals surface area contributed by atoms with Gasteiger partial charge >= 0.3 is 0 Å². The lowest BCUT2D eigenvalue weighted by Gasteiger charge is -2.33. The molecule has 2 aliphatic heterocycles. The highest BCUT2D eigenvalue weighted by Crippen LogP contribution is 2.21. The summed E-state index contributed by atoms with van der Waals surface area (Å²) in [5.41, 5.74) is 5.65. The molecule has 2 unspecified atom stereocenters. The summed E-state index contributed by atoms with van der Waals surface area (Å²) in [6.07, 6.45) is 4.02. The van der Waals surface area contributed by atoms with Gasteiger partial charge in [-0.1, -0.05) is 0 Å². The molecule has 0 amide bonds. The van der Waals surface area contributed by atoms with E-state index in [0.717, 1.165) is 37.2 Å². The number of hydrogen-bond donors (Lipinski definition) is 2. The van der Waals surface area contributed by atoms with Gasteiger partial charge in [0.15, 0.2) is 0 Å². The van der Waals surface area contributed by atoms with E-state index >= 15 is 0 Å². The summed E-state index contributed by atoms with van der Waals surface area (Å²) in [7, 11) is -3.31. The molecule has 0 radical (unpaired) electrons. The number of thioether (sulfide) groups is 1. The highest BCUT2D eigenvalue weighted by atomic mass is 32.2. The molecule has 2 aliphatic rings. The van der Waals surface area contributed by atoms with Crippen LogP contribution in [0.25, 0.3) is 0 Å². The molecule has 0 aromatic heterocycles. The summed E-state index contributed by atoms with van der Waals surface area (Å²) in [5.74, 6) is 2.36. The third-order valence-electron chi connectivity index (χ3n) is 3.63. The Morgan fingerprint density at radius 1 is 1.33 bits per heavy atom. The zero-order valence-electron chi connectivity index (χ0n) is 10.7. The van der Waals surface area contributed by atoms with Crippen molar-refractivity contribution in [3.8, 4) is 0 Å². The fraction of sp³-hybridized carbons (Fsp3) is 1.00. The largest absolute Gasteiger partial charge is 0.330 e. The number of hydrogen-bond acceptors (Lipinski definition) is 4. The SMILES string of the molecule is NCC1CCCN(S(=O)(=O)NC2CCCSC2)C1. The summed E-state index contributed by atoms with van der Waals surface area (Å²) in [6.45, 7) is 1.78. The Morgan fingerprint density at radius 2 is 2.17 bits per heavy atom. The first-order valence-corrected chi connectivity index (χ1v) is 9.26. The summed E-state index contributed by atoms with van der Waals surface area (Å²) in [5, 5.41) is 0. The van der Waals surface area contributed by atoms with Crippen molar-refractivity contribution in [3.63, 3.8) is 0 Å². The van der Waals surface area contributed by atoms with E-state index in [1.54, 1.807) is 4.31 Å². The predicted octanol–water partition coefficient (Wildman–Crippen LogP) is 0.387. The van der Waals surface area contributed by atoms with Crippen LogP contribution in [0.4, 0.5) is 0 Å². The molecule has 0 aromatic carbocycles. The second-order valence-corrected chi connectivity index (χ2v) is 7.99. The van der Waals surface area contributed by atoms with E-state index in [2.05, 4.69) is 4.72 Å². The second kappa shape index (κ2) is 6.56. The fourth-order valence-electron chi connectivity index (χ4n) is 2.56. The number of rotatable bonds is 4. The van der Waals surface area contributed by atoms with E-state index < -0.39 is 10.2 Å². The van der Waals surface area contributed by atoms with Crippen LogP contribution in [0.5, 0.6) is 0 Å². The van der Waals surface area contributed by atoms with Gasteiger partial charge in [0.05, 0.1) is 0 Å². The van der Waals surface area contributed by atoms with Gasteiger partial charge in [0.2, 0.25) is 0 Å². The molecule has 0 aliphatic carbocycles. The molecule has 7 heteroatoms. The van der Waals surface area contributed by atoms with E-state index in [0.29, 0.717) is 25.6 Å². The lowest BCUT2D eigenvalue weighted by Crippen LogP contribution is -2.50. The van der Waals surface area contributed by atoms with E-state index in [-0.39, 0.29) is 6.04 Å². The van der Waals surface area contributed by atoms with Crippen molar-refractivity contribution in [1.82, 2.24) is 9.03 Å². The summed E-state index contributed by atoms with van der Waals surface area (Å²) in [6, 6.07) is 0.104. The van der Waals surface area contributed by atoms with Crippen molar-refractivity contribution < 1.29 is 8.42 Å². The Labute approximate surface area is 114 Å². The maximum Gasteiger partial charge on any atom is 0.279 e. The molecule has 5 nitrogen and oxygen atoms in total. The van der Waals surface area contributed by atoms with Gasteiger partial charge in [-0.3, -0.25) is 0 Å². The van der Waals surface area contributed by atoms with Crippen LogP contribution in [-0.2, 0) is 10.2 Å². The van der Waals surface area contributed by atoms with Gasteiger partial charge in [0.1, 0.15) is 0 Å². The normalized spacial score (nSPS) is 31.4. The first-order chi connectivity index (χ1) is 8.62. The molecule has 18 heavy (non-hydrogen) atoms. The number of piperidine rings is 1. The van der Waals surface area contributed by atoms with Crippen molar-refractivity contribution in [2.75, 3.05) is 31.1 Å². The number of nitrogens with one attached hydrogen (secondary N) is 1. The predicted molar refractivity (Wildman–Crippen MR) is 75.8 cm³/mol. The average molecular weight is 293 g/mol. The van der Waals surface area contributed by atoms with Crippen LogP contribution in [0.1, 0.15) is 25.7 Å². The zero-order chi connectivity index (χ0) is 13.0. The molecule has 2 heterocycles. The van der Waals surface area contributed by atoms with Crippen LogP contribution >= 0.6 is 11.8 Å². The molecule has 2 saturated heterocycles. The molecular weight excluding hydrogens is 270 g/mol. The maximum atomic E-state index is 12.3. The summed E-state index contributed by atoms with van der Waals surface area (Å²) < 4.78 is 29.0. The lowest BCUT2D eigenvalue weighted by atomic mass is 10.0. The number of nitrogens with zero attached hydrogens (tertiary/aromatic N) is 1. The van der Waals surface area contributed by atoms with Crippen molar-refractivity contribution >= 4 is 22.0 Å². The van der Waals surface area contributed by atoms with Gasteiger partial charge in [0, 0.05) is 24.9 Å². The highest BCUT2D eigenvalue weighted by Gasteiger charge is 2.30. The lowest BCUT2D eigenvalue weighted by molar-refractivity contribution is 0.267. The zero-order valence-corrected chi connectivity index (χ0v) is 12.3. The Balaban J connectivity index is 1.92. The fourth-order valence-corrected chi connectivity index (χ4v) is 5.28. The van der Waals surface area contributed by atoms with E-state index in [1.807, 2.05) is 11.8 Å². The van der Waals surface area contributed by atoms with Gasteiger partial charge < -0.3 is 5.73 Å². The molecule has 2 atom stereocenters. The van der Waals surface area contributed by atoms with Gasteiger partial charge in [-0.2, -0.15) is 29.2 Å². The minimum Gasteiger partial charge on any atom is -0.330 e. The number of nitrogens with two attached hydrogens (primary N) is 1. The standard InChI is InChI=1S/C11H23N3O2S2/c12-7-10-3-1-5-14(8-10)18(15,16)13-11-4-2-6-17-9-11/h10-11,13H,1-9,12H2. The van der Waals surface area contributed by atoms with Crippen molar-refractivity contribution in [2.24, 2.45) is 11.7 Å². The van der Waals surface area contributed by atoms with Gasteiger partial charge in [-0.15, -0.1) is 0 Å². The quantitative estimate of drug-likeness (QED) is 0.786. The Bertz CT molecular complexity index is 355. The van der Waals surface area contributed by atoms with Crippen molar-refractivity contribution in [2.45, 2.75) is 31.7 Å². The van der Waals surface area contributed by atoms with Gasteiger partial charge in [-0.25, -0.2) is 0 Å². The Kier molecular flexibility index (Phi) is 5.32. The van der Waals surface area contributed by atoms with Crippen LogP contribution in [0.15, 0.2) is 0 Å². The Morgan fingerprint density at radius 3 is 2.83 bits per heavy atom. The second-order valence-electron chi connectivity index (χ2n) is 5.14. The van der Waals surface area contributed by atoms with E-state index in [1.165, 1.54) is 0 Å². The highest BCUT2D eigenvalue weighted by molar-refractivity contribution is 7.99. The van der Waals surface area contributed by atoms with Crippen LogP contribution in [0, 0.1) is 5.92 Å². The van der Waals surface area contributed by atoms with Crippen LogP contribution in [0.2, 0.25) is 0 Å². The minimum atomic E-state index is -3.31. The molecule has 3 N–H and O–H groups in total. The topological polar surface area (TPSA) is 75.4 Å². The van der Waals surface area contributed by atoms with E-state index in [9.17, 15) is 8.42 Å². The van der Waals surface area contributed by atoms with Crippen LogP contribution < -0.4 is 10.5 Å². The molecule has 106 valence electrons. The van der Waals surface area contributed by atoms with Gasteiger partial charge in [0.25, 0.3) is 10.2 Å². The molecule has 0 bridgehead atoms. The monoisotopic (exact) mass is 293 g/mol. The van der Waals surface area contributed by atoms with Crippen LogP contribution in [-0.4, -0.2) is 49.9 Å². The molecule has 0 spiro atoms. The summed E-state index contributed by atoms with van der Waals surface area (Å²) in [4.78, 5) is 0. The van der Waals surface area contributed by atoms with Gasteiger partial charge in [-0.05, 0) is 43.9 Å². The maximum absolute atomic E-state index is 12.3. The average Bonchev–Trinajstić information content (AvgIpc) is 2.39. The molecular formula is C11H23N3O2S2. The van der Waals surface area contributed by atoms with E-state index in [4.69, 9.17) is 5.73 Å². The first kappa shape index (κ1) is 14.6. The molecule has 2 rings (SSSR count). The van der Waals surface area contributed by atoms with Crippen molar-refractivity contribution in [3.05, 3.63) is 0 Å². The summed E-state index contributed by atoms with van der Waals surface area (Å²) >= 11 is 1.83. The smallest absolute Gasteiger partial charge is 0.279 e. The minimum absolute atomic E-state index is 0.104.